The molecular weight excluding hydrogens is 384 g/mol. The van der Waals surface area contributed by atoms with Crippen LogP contribution in [0.15, 0.2) is 58.5 Å². The average Bonchev–Trinajstić information content (AvgIpc) is 2.70. The molecular formula is C17H22N6O4S. The van der Waals surface area contributed by atoms with E-state index in [4.69, 9.17) is 0 Å². The quantitative estimate of drug-likeness (QED) is 0.183. The SMILES string of the molecule is CN=C(NCCNS(=O)(=O)c1cccc([N+](=O)[O-])c1)NCCc1ccccn1. The van der Waals surface area contributed by atoms with E-state index < -0.39 is 14.9 Å². The summed E-state index contributed by atoms with van der Waals surface area (Å²) in [4.78, 5) is 18.3. The molecule has 2 rings (SSSR count). The third kappa shape index (κ3) is 6.59. The van der Waals surface area contributed by atoms with Crippen molar-refractivity contribution in [3.63, 3.8) is 0 Å². The van der Waals surface area contributed by atoms with Crippen LogP contribution in [0.2, 0.25) is 0 Å². The Kier molecular flexibility index (Phi) is 7.84. The molecule has 0 saturated carbocycles. The van der Waals surface area contributed by atoms with Crippen LogP contribution in [0.4, 0.5) is 5.69 Å². The number of nitrogens with zero attached hydrogens (tertiary/aromatic N) is 3. The minimum absolute atomic E-state index is 0.0893. The van der Waals surface area contributed by atoms with E-state index in [1.165, 1.54) is 18.2 Å². The Labute approximate surface area is 163 Å². The molecule has 0 saturated heterocycles. The van der Waals surface area contributed by atoms with Gasteiger partial charge in [-0.05, 0) is 18.2 Å². The Balaban J connectivity index is 1.77. The first-order chi connectivity index (χ1) is 13.4. The number of hydrogen-bond donors (Lipinski definition) is 3. The lowest BCUT2D eigenvalue weighted by Crippen LogP contribution is -2.42. The van der Waals surface area contributed by atoms with Crippen molar-refractivity contribution in [1.82, 2.24) is 20.3 Å². The van der Waals surface area contributed by atoms with Crippen molar-refractivity contribution >= 4 is 21.7 Å². The molecule has 150 valence electrons. The van der Waals surface area contributed by atoms with Crippen molar-refractivity contribution in [3.05, 3.63) is 64.5 Å². The molecule has 0 bridgehead atoms. The van der Waals surface area contributed by atoms with Gasteiger partial charge in [-0.25, -0.2) is 13.1 Å². The monoisotopic (exact) mass is 406 g/mol. The third-order valence-corrected chi connectivity index (χ3v) is 5.13. The number of guanidine groups is 1. The van der Waals surface area contributed by atoms with Crippen molar-refractivity contribution in [2.75, 3.05) is 26.7 Å². The van der Waals surface area contributed by atoms with E-state index >= 15 is 0 Å². The molecule has 0 fully saturated rings. The van der Waals surface area contributed by atoms with Gasteiger partial charge in [0.05, 0.1) is 9.82 Å². The number of aromatic nitrogens is 1. The second-order valence-corrected chi connectivity index (χ2v) is 7.42. The van der Waals surface area contributed by atoms with Gasteiger partial charge < -0.3 is 10.6 Å². The van der Waals surface area contributed by atoms with Crippen LogP contribution in [-0.2, 0) is 16.4 Å². The smallest absolute Gasteiger partial charge is 0.270 e. The van der Waals surface area contributed by atoms with Gasteiger partial charge in [-0.3, -0.25) is 20.1 Å². The molecule has 0 aliphatic carbocycles. The maximum Gasteiger partial charge on any atom is 0.270 e. The van der Waals surface area contributed by atoms with E-state index in [2.05, 4.69) is 25.3 Å². The summed E-state index contributed by atoms with van der Waals surface area (Å²) in [7, 11) is -2.22. The normalized spacial score (nSPS) is 11.8. The molecule has 0 aliphatic rings. The number of nitro groups is 1. The number of nitro benzene ring substituents is 1. The zero-order valence-electron chi connectivity index (χ0n) is 15.3. The minimum atomic E-state index is -3.84. The number of rotatable bonds is 9. The van der Waals surface area contributed by atoms with E-state index in [0.717, 1.165) is 18.2 Å². The summed E-state index contributed by atoms with van der Waals surface area (Å²) in [5.41, 5.74) is 0.675. The molecule has 1 heterocycles. The van der Waals surface area contributed by atoms with E-state index in [0.29, 0.717) is 12.5 Å². The van der Waals surface area contributed by atoms with Crippen molar-refractivity contribution in [2.24, 2.45) is 4.99 Å². The molecule has 0 atom stereocenters. The summed E-state index contributed by atoms with van der Waals surface area (Å²) >= 11 is 0. The first-order valence-electron chi connectivity index (χ1n) is 8.51. The highest BCUT2D eigenvalue weighted by Crippen LogP contribution is 2.16. The van der Waals surface area contributed by atoms with Gasteiger partial charge in [-0.15, -0.1) is 0 Å². The largest absolute Gasteiger partial charge is 0.356 e. The van der Waals surface area contributed by atoms with E-state index in [9.17, 15) is 18.5 Å². The summed E-state index contributed by atoms with van der Waals surface area (Å²) in [5, 5.41) is 16.9. The number of sulfonamides is 1. The van der Waals surface area contributed by atoms with Gasteiger partial charge in [0.2, 0.25) is 10.0 Å². The molecule has 0 radical (unpaired) electrons. The zero-order chi connectivity index (χ0) is 20.4. The van der Waals surface area contributed by atoms with Gasteiger partial charge in [0, 0.05) is 57.1 Å². The number of nitrogens with one attached hydrogen (secondary N) is 3. The summed E-state index contributed by atoms with van der Waals surface area (Å²) in [6, 6.07) is 10.6. The van der Waals surface area contributed by atoms with Gasteiger partial charge in [0.1, 0.15) is 0 Å². The lowest BCUT2D eigenvalue weighted by Gasteiger charge is -2.12. The van der Waals surface area contributed by atoms with Crippen LogP contribution in [0.25, 0.3) is 0 Å². The van der Waals surface area contributed by atoms with Crippen molar-refractivity contribution in [1.29, 1.82) is 0 Å². The highest BCUT2D eigenvalue weighted by Gasteiger charge is 2.16. The molecule has 0 amide bonds. The predicted octanol–water partition coefficient (Wildman–Crippen LogP) is 0.676. The topological polar surface area (TPSA) is 139 Å². The van der Waals surface area contributed by atoms with Crippen LogP contribution in [0.5, 0.6) is 0 Å². The molecule has 1 aromatic heterocycles. The van der Waals surface area contributed by atoms with Gasteiger partial charge in [-0.1, -0.05) is 12.1 Å². The molecule has 10 nitrogen and oxygen atoms in total. The van der Waals surface area contributed by atoms with Crippen LogP contribution in [0.3, 0.4) is 0 Å². The maximum absolute atomic E-state index is 12.2. The number of hydrogen-bond acceptors (Lipinski definition) is 6. The molecule has 2 aromatic rings. The Hall–Kier alpha value is -3.05. The second kappa shape index (κ2) is 10.3. The van der Waals surface area contributed by atoms with E-state index in [1.54, 1.807) is 13.2 Å². The van der Waals surface area contributed by atoms with E-state index in [1.807, 2.05) is 18.2 Å². The van der Waals surface area contributed by atoms with Crippen LogP contribution < -0.4 is 15.4 Å². The Morgan fingerprint density at radius 3 is 2.61 bits per heavy atom. The van der Waals surface area contributed by atoms with Crippen molar-refractivity contribution in [2.45, 2.75) is 11.3 Å². The Morgan fingerprint density at radius 2 is 1.93 bits per heavy atom. The lowest BCUT2D eigenvalue weighted by atomic mass is 10.3. The van der Waals surface area contributed by atoms with Crippen LogP contribution >= 0.6 is 0 Å². The predicted molar refractivity (Wildman–Crippen MR) is 106 cm³/mol. The summed E-state index contributed by atoms with van der Waals surface area (Å²) < 4.78 is 26.9. The molecule has 3 N–H and O–H groups in total. The first kappa shape index (κ1) is 21.3. The first-order valence-corrected chi connectivity index (χ1v) is 9.99. The number of pyridine rings is 1. The minimum Gasteiger partial charge on any atom is -0.356 e. The summed E-state index contributed by atoms with van der Waals surface area (Å²) in [6.45, 7) is 0.999. The van der Waals surface area contributed by atoms with Gasteiger partial charge in [0.15, 0.2) is 5.96 Å². The highest BCUT2D eigenvalue weighted by atomic mass is 32.2. The lowest BCUT2D eigenvalue weighted by molar-refractivity contribution is -0.385. The molecule has 28 heavy (non-hydrogen) atoms. The molecule has 0 unspecified atom stereocenters. The fraction of sp³-hybridized carbons (Fsp3) is 0.294. The maximum atomic E-state index is 12.2. The standard InChI is InChI=1S/C17H22N6O4S/c1-18-17(20-10-8-14-5-2-3-9-19-14)21-11-12-22-28(26,27)16-7-4-6-15(13-16)23(24)25/h2-7,9,13,22H,8,10-12H2,1H3,(H2,18,20,21). The fourth-order valence-electron chi connectivity index (χ4n) is 2.29. The Morgan fingerprint density at radius 1 is 1.14 bits per heavy atom. The van der Waals surface area contributed by atoms with Crippen LogP contribution in [-0.4, -0.2) is 51.0 Å². The number of non-ortho nitro benzene ring substituents is 1. The molecule has 0 spiro atoms. The van der Waals surface area contributed by atoms with Gasteiger partial charge in [0.25, 0.3) is 5.69 Å². The van der Waals surface area contributed by atoms with Crippen molar-refractivity contribution in [3.8, 4) is 0 Å². The second-order valence-electron chi connectivity index (χ2n) is 5.65. The average molecular weight is 406 g/mol. The van der Waals surface area contributed by atoms with Gasteiger partial charge >= 0.3 is 0 Å². The number of aliphatic imine (C=N–C) groups is 1. The van der Waals surface area contributed by atoms with Crippen LogP contribution in [0, 0.1) is 10.1 Å². The van der Waals surface area contributed by atoms with E-state index in [-0.39, 0.29) is 23.7 Å². The van der Waals surface area contributed by atoms with Crippen molar-refractivity contribution < 1.29 is 13.3 Å². The fourth-order valence-corrected chi connectivity index (χ4v) is 3.36. The van der Waals surface area contributed by atoms with Crippen LogP contribution in [0.1, 0.15) is 5.69 Å². The summed E-state index contributed by atoms with van der Waals surface area (Å²) in [5.74, 6) is 0.533. The molecule has 1 aromatic carbocycles. The highest BCUT2D eigenvalue weighted by molar-refractivity contribution is 7.89. The number of benzene rings is 1. The molecule has 0 aliphatic heterocycles. The molecule has 11 heteroatoms. The third-order valence-electron chi connectivity index (χ3n) is 3.67. The van der Waals surface area contributed by atoms with Gasteiger partial charge in [-0.2, -0.15) is 0 Å². The summed E-state index contributed by atoms with van der Waals surface area (Å²) in [6.07, 6.45) is 2.46. The Bertz CT molecular complexity index is 918. The zero-order valence-corrected chi connectivity index (χ0v) is 16.1.